The van der Waals surface area contributed by atoms with Crippen molar-refractivity contribution in [2.24, 2.45) is 4.99 Å². The number of carbonyl (C=O) groups is 2. The van der Waals surface area contributed by atoms with Crippen LogP contribution >= 0.6 is 0 Å². The summed E-state index contributed by atoms with van der Waals surface area (Å²) < 4.78 is 50.2. The Balaban J connectivity index is 3.56. The van der Waals surface area contributed by atoms with Crippen LogP contribution in [0.1, 0.15) is 26.3 Å². The molecule has 0 spiro atoms. The van der Waals surface area contributed by atoms with Gasteiger partial charge in [-0.2, -0.15) is 4.39 Å². The van der Waals surface area contributed by atoms with Gasteiger partial charge in [-0.05, 0) is 19.9 Å². The van der Waals surface area contributed by atoms with E-state index in [1.807, 2.05) is 0 Å². The molecule has 29 heavy (non-hydrogen) atoms. The second-order valence-corrected chi connectivity index (χ2v) is 5.55. The van der Waals surface area contributed by atoms with Gasteiger partial charge in [0.25, 0.3) is 0 Å². The number of hydrogen-bond acceptors (Lipinski definition) is 8. The van der Waals surface area contributed by atoms with Gasteiger partial charge in [0.1, 0.15) is 23.5 Å². The Labute approximate surface area is 162 Å². The van der Waals surface area contributed by atoms with Crippen molar-refractivity contribution >= 4 is 29.6 Å². The molecule has 9 nitrogen and oxygen atoms in total. The molecular formula is C17H17F3N2O7. The molecule has 1 N–H and O–H groups in total. The summed E-state index contributed by atoms with van der Waals surface area (Å²) >= 11 is 0. The summed E-state index contributed by atoms with van der Waals surface area (Å²) in [5, 5.41) is 21.4. The lowest BCUT2D eigenvalue weighted by Crippen LogP contribution is -2.16. The van der Waals surface area contributed by atoms with Crippen molar-refractivity contribution in [1.29, 1.82) is 0 Å². The zero-order valence-electron chi connectivity index (χ0n) is 15.6. The Hall–Kier alpha value is -3.44. The maximum atomic E-state index is 13.8. The van der Waals surface area contributed by atoms with Gasteiger partial charge in [-0.3, -0.25) is 19.9 Å². The van der Waals surface area contributed by atoms with Crippen molar-refractivity contribution in [1.82, 2.24) is 0 Å². The smallest absolute Gasteiger partial charge is 0.343 e. The van der Waals surface area contributed by atoms with E-state index >= 15 is 0 Å². The van der Waals surface area contributed by atoms with Gasteiger partial charge in [0.05, 0.1) is 17.6 Å². The van der Waals surface area contributed by atoms with Gasteiger partial charge in [-0.25, -0.2) is 13.6 Å². The minimum atomic E-state index is -2.15. The fraction of sp³-hybridized carbons (Fsp3) is 0.353. The van der Waals surface area contributed by atoms with Crippen LogP contribution in [0.4, 0.5) is 18.9 Å². The standard InChI is InChI=1S/C17H17F3N2O7/c1-4-28-17(25)11(6-21-8(2)7-29-9(3)23)16(24)10-5-12(18)13(19)14(20)15(10)22(26)27/h5-6,8,24H,4,7H2,1-3H3/b16-11+,21-6?/t8-/m0/s1. The maximum absolute atomic E-state index is 13.8. The molecule has 0 unspecified atom stereocenters. The molecule has 0 saturated heterocycles. The van der Waals surface area contributed by atoms with Gasteiger partial charge < -0.3 is 14.6 Å². The molecule has 0 amide bonds. The molecule has 0 saturated carbocycles. The Morgan fingerprint density at radius 3 is 2.45 bits per heavy atom. The first kappa shape index (κ1) is 23.6. The van der Waals surface area contributed by atoms with E-state index in [4.69, 9.17) is 9.47 Å². The first-order valence-corrected chi connectivity index (χ1v) is 8.10. The van der Waals surface area contributed by atoms with Gasteiger partial charge in [-0.1, -0.05) is 0 Å². The fourth-order valence-corrected chi connectivity index (χ4v) is 1.99. The van der Waals surface area contributed by atoms with E-state index < -0.39 is 62.9 Å². The summed E-state index contributed by atoms with van der Waals surface area (Å²) in [6.07, 6.45) is 0.740. The van der Waals surface area contributed by atoms with Gasteiger partial charge in [0.2, 0.25) is 11.6 Å². The summed E-state index contributed by atoms with van der Waals surface area (Å²) in [7, 11) is 0. The normalized spacial score (nSPS) is 13.0. The first-order valence-electron chi connectivity index (χ1n) is 8.10. The average molecular weight is 418 g/mol. The number of halogens is 3. The summed E-state index contributed by atoms with van der Waals surface area (Å²) in [6, 6.07) is -0.547. The molecule has 0 aliphatic rings. The van der Waals surface area contributed by atoms with Crippen LogP contribution in [0.3, 0.4) is 0 Å². The third-order valence-electron chi connectivity index (χ3n) is 3.31. The summed E-state index contributed by atoms with van der Waals surface area (Å²) in [5.41, 5.74) is -3.45. The minimum absolute atomic E-state index is 0.166. The summed E-state index contributed by atoms with van der Waals surface area (Å²) in [4.78, 5) is 36.4. The number of nitrogens with zero attached hydrogens (tertiary/aromatic N) is 2. The van der Waals surface area contributed by atoms with E-state index in [1.54, 1.807) is 0 Å². The molecule has 1 aromatic carbocycles. The lowest BCUT2D eigenvalue weighted by atomic mass is 10.1. The SMILES string of the molecule is CCOC(=O)/C(C=N[C@@H](C)COC(C)=O)=C(/O)c1cc(F)c(F)c(F)c1[N+](=O)[O-]. The number of esters is 2. The van der Waals surface area contributed by atoms with Crippen LogP contribution in [0.5, 0.6) is 0 Å². The molecule has 1 atom stereocenters. The van der Waals surface area contributed by atoms with Crippen LogP contribution < -0.4 is 0 Å². The highest BCUT2D eigenvalue weighted by molar-refractivity contribution is 6.15. The number of hydrogen-bond donors (Lipinski definition) is 1. The van der Waals surface area contributed by atoms with Gasteiger partial charge in [0.15, 0.2) is 5.82 Å². The van der Waals surface area contributed by atoms with E-state index in [0.717, 1.165) is 13.1 Å². The number of aliphatic imine (C=N–C) groups is 1. The number of aliphatic hydroxyl groups excluding tert-OH is 1. The van der Waals surface area contributed by atoms with Gasteiger partial charge in [-0.15, -0.1) is 0 Å². The topological polar surface area (TPSA) is 128 Å². The van der Waals surface area contributed by atoms with Crippen LogP contribution in [0.2, 0.25) is 0 Å². The quantitative estimate of drug-likeness (QED) is 0.131. The highest BCUT2D eigenvalue weighted by Crippen LogP contribution is 2.32. The van der Waals surface area contributed by atoms with Crippen molar-refractivity contribution in [2.45, 2.75) is 26.8 Å². The van der Waals surface area contributed by atoms with Crippen LogP contribution in [0.15, 0.2) is 16.6 Å². The third kappa shape index (κ3) is 6.02. The lowest BCUT2D eigenvalue weighted by molar-refractivity contribution is -0.388. The Morgan fingerprint density at radius 1 is 1.31 bits per heavy atom. The number of carbonyl (C=O) groups excluding carboxylic acids is 2. The number of ether oxygens (including phenoxy) is 2. The molecule has 1 aromatic rings. The number of aliphatic hydroxyl groups is 1. The van der Waals surface area contributed by atoms with Crippen LogP contribution in [-0.2, 0) is 19.1 Å². The third-order valence-corrected chi connectivity index (χ3v) is 3.31. The van der Waals surface area contributed by atoms with Crippen molar-refractivity contribution in [3.63, 3.8) is 0 Å². The van der Waals surface area contributed by atoms with E-state index in [1.165, 1.54) is 13.8 Å². The fourth-order valence-electron chi connectivity index (χ4n) is 1.99. The van der Waals surface area contributed by atoms with Gasteiger partial charge in [0, 0.05) is 13.1 Å². The number of benzene rings is 1. The van der Waals surface area contributed by atoms with E-state index in [-0.39, 0.29) is 19.3 Å². The number of nitro groups is 1. The maximum Gasteiger partial charge on any atom is 0.343 e. The summed E-state index contributed by atoms with van der Waals surface area (Å²) in [5.74, 6) is -9.15. The zero-order valence-corrected chi connectivity index (χ0v) is 15.6. The Kier molecular flexibility index (Phi) is 8.30. The summed E-state index contributed by atoms with van der Waals surface area (Å²) in [6.45, 7) is 3.69. The predicted molar refractivity (Wildman–Crippen MR) is 93.7 cm³/mol. The van der Waals surface area contributed by atoms with Crippen molar-refractivity contribution in [3.05, 3.63) is 44.8 Å². The Morgan fingerprint density at radius 2 is 1.93 bits per heavy atom. The second-order valence-electron chi connectivity index (χ2n) is 5.55. The van der Waals surface area contributed by atoms with Crippen molar-refractivity contribution in [2.75, 3.05) is 13.2 Å². The van der Waals surface area contributed by atoms with E-state index in [0.29, 0.717) is 0 Å². The van der Waals surface area contributed by atoms with Gasteiger partial charge >= 0.3 is 17.6 Å². The molecule has 0 radical (unpaired) electrons. The average Bonchev–Trinajstić information content (AvgIpc) is 2.63. The highest BCUT2D eigenvalue weighted by Gasteiger charge is 2.31. The zero-order chi connectivity index (χ0) is 22.3. The molecule has 0 aromatic heterocycles. The predicted octanol–water partition coefficient (Wildman–Crippen LogP) is 2.87. The largest absolute Gasteiger partial charge is 0.506 e. The minimum Gasteiger partial charge on any atom is -0.506 e. The molecule has 0 heterocycles. The first-order chi connectivity index (χ1) is 13.5. The van der Waals surface area contributed by atoms with Crippen molar-refractivity contribution < 1.29 is 42.3 Å². The van der Waals surface area contributed by atoms with Crippen LogP contribution in [0.25, 0.3) is 5.76 Å². The number of nitro benzene ring substituents is 1. The molecule has 158 valence electrons. The molecule has 1 rings (SSSR count). The van der Waals surface area contributed by atoms with E-state index in [2.05, 4.69) is 4.99 Å². The van der Waals surface area contributed by atoms with E-state index in [9.17, 15) is 38.0 Å². The van der Waals surface area contributed by atoms with Crippen molar-refractivity contribution in [3.8, 4) is 0 Å². The molecule has 0 aliphatic heterocycles. The molecule has 0 bridgehead atoms. The molecule has 12 heteroatoms. The molecule has 0 fully saturated rings. The highest BCUT2D eigenvalue weighted by atomic mass is 19.2. The lowest BCUT2D eigenvalue weighted by Gasteiger charge is -2.10. The molecular weight excluding hydrogens is 401 g/mol. The molecule has 0 aliphatic carbocycles. The van der Waals surface area contributed by atoms with Crippen LogP contribution in [-0.4, -0.2) is 47.4 Å². The monoisotopic (exact) mass is 418 g/mol. The Bertz CT molecular complexity index is 884. The second kappa shape index (κ2) is 10.2. The van der Waals surface area contributed by atoms with Crippen LogP contribution in [0, 0.1) is 27.6 Å². The number of rotatable bonds is 8.